The van der Waals surface area contributed by atoms with Gasteiger partial charge in [-0.3, -0.25) is 9.59 Å². The van der Waals surface area contributed by atoms with Crippen molar-refractivity contribution in [3.8, 4) is 0 Å². The van der Waals surface area contributed by atoms with Crippen molar-refractivity contribution in [3.05, 3.63) is 89.0 Å². The molecule has 0 radical (unpaired) electrons. The fourth-order valence-electron chi connectivity index (χ4n) is 3.59. The average molecular weight is 362 g/mol. The number of halogens is 1. The monoisotopic (exact) mass is 362 g/mol. The molecular weight excluding hydrogens is 343 g/mol. The van der Waals surface area contributed by atoms with Crippen molar-refractivity contribution in [1.82, 2.24) is 4.57 Å². The van der Waals surface area contributed by atoms with Gasteiger partial charge in [0.15, 0.2) is 0 Å². The Hall–Kier alpha value is -3.21. The summed E-state index contributed by atoms with van der Waals surface area (Å²) >= 11 is 0. The Bertz CT molecular complexity index is 1020. The first-order valence-corrected chi connectivity index (χ1v) is 8.91. The first kappa shape index (κ1) is 17.2. The molecule has 1 N–H and O–H groups in total. The van der Waals surface area contributed by atoms with Crippen molar-refractivity contribution >= 4 is 17.4 Å². The van der Waals surface area contributed by atoms with E-state index >= 15 is 0 Å². The molecule has 4 rings (SSSR count). The van der Waals surface area contributed by atoms with E-state index < -0.39 is 0 Å². The number of carbonyl (C=O) groups excluding carboxylic acids is 2. The van der Waals surface area contributed by atoms with Crippen molar-refractivity contribution < 1.29 is 14.0 Å². The quantitative estimate of drug-likeness (QED) is 0.704. The zero-order valence-electron chi connectivity index (χ0n) is 14.9. The zero-order chi connectivity index (χ0) is 19.0. The molecule has 1 aromatic heterocycles. The van der Waals surface area contributed by atoms with E-state index in [1.165, 1.54) is 12.1 Å². The first-order valence-electron chi connectivity index (χ1n) is 8.91. The zero-order valence-corrected chi connectivity index (χ0v) is 14.9. The highest BCUT2D eigenvalue weighted by atomic mass is 19.1. The molecule has 0 aliphatic carbocycles. The number of amides is 1. The topological polar surface area (TPSA) is 51.1 Å². The number of anilines is 1. The summed E-state index contributed by atoms with van der Waals surface area (Å²) in [5.74, 6) is -0.977. The molecule has 0 spiro atoms. The lowest BCUT2D eigenvalue weighted by atomic mass is 10.0. The Labute approximate surface area is 156 Å². The average Bonchev–Trinajstić information content (AvgIpc) is 3.27. The van der Waals surface area contributed by atoms with E-state index in [1.807, 2.05) is 35.8 Å². The summed E-state index contributed by atoms with van der Waals surface area (Å²) in [5.41, 5.74) is 3.32. The van der Waals surface area contributed by atoms with Gasteiger partial charge >= 0.3 is 0 Å². The van der Waals surface area contributed by atoms with E-state index in [2.05, 4.69) is 5.32 Å². The van der Waals surface area contributed by atoms with Crippen LogP contribution < -0.4 is 5.32 Å². The summed E-state index contributed by atoms with van der Waals surface area (Å²) in [5, 5.41) is 2.83. The van der Waals surface area contributed by atoms with Crippen molar-refractivity contribution in [2.24, 2.45) is 0 Å². The van der Waals surface area contributed by atoms with E-state index in [9.17, 15) is 14.0 Å². The first-order chi connectivity index (χ1) is 13.0. The van der Waals surface area contributed by atoms with Gasteiger partial charge in [-0.05, 0) is 43.2 Å². The summed E-state index contributed by atoms with van der Waals surface area (Å²) in [4.78, 5) is 25.5. The fraction of sp³-hybridized carbons (Fsp3) is 0.182. The third-order valence-electron chi connectivity index (χ3n) is 5.06. The van der Waals surface area contributed by atoms with Crippen LogP contribution in [0.2, 0.25) is 0 Å². The number of aryl methyl sites for hydroxylation is 1. The third-order valence-corrected chi connectivity index (χ3v) is 5.06. The number of rotatable bonds is 4. The maximum absolute atomic E-state index is 13.5. The van der Waals surface area contributed by atoms with E-state index in [-0.39, 0.29) is 23.4 Å². The highest BCUT2D eigenvalue weighted by molar-refractivity contribution is 6.08. The van der Waals surface area contributed by atoms with Gasteiger partial charge in [-0.1, -0.05) is 36.4 Å². The van der Waals surface area contributed by atoms with Crippen LogP contribution in [0.15, 0.2) is 60.7 Å². The Morgan fingerprint density at radius 1 is 1.07 bits per heavy atom. The van der Waals surface area contributed by atoms with Gasteiger partial charge in [0.1, 0.15) is 5.82 Å². The molecule has 4 nitrogen and oxygen atoms in total. The second kappa shape index (κ2) is 6.83. The molecule has 0 saturated carbocycles. The van der Waals surface area contributed by atoms with Gasteiger partial charge in [-0.2, -0.15) is 0 Å². The fourth-order valence-corrected chi connectivity index (χ4v) is 3.59. The van der Waals surface area contributed by atoms with Crippen LogP contribution in [0.1, 0.15) is 39.6 Å². The summed E-state index contributed by atoms with van der Waals surface area (Å²) in [6.45, 7) is 2.43. The molecule has 27 heavy (non-hydrogen) atoms. The molecule has 2 heterocycles. The van der Waals surface area contributed by atoms with E-state index in [1.54, 1.807) is 24.3 Å². The lowest BCUT2D eigenvalue weighted by Gasteiger charge is -2.12. The van der Waals surface area contributed by atoms with E-state index in [0.29, 0.717) is 29.9 Å². The molecule has 0 unspecified atom stereocenters. The number of benzene rings is 2. The van der Waals surface area contributed by atoms with Crippen LogP contribution >= 0.6 is 0 Å². The molecule has 0 saturated heterocycles. The Balaban J connectivity index is 1.58. The number of hydrogen-bond acceptors (Lipinski definition) is 2. The summed E-state index contributed by atoms with van der Waals surface area (Å²) in [7, 11) is 0. The van der Waals surface area contributed by atoms with Gasteiger partial charge in [0, 0.05) is 23.5 Å². The lowest BCUT2D eigenvalue weighted by molar-refractivity contribution is -0.117. The molecular formula is C22H19FN2O2. The molecule has 0 fully saturated rings. The lowest BCUT2D eigenvalue weighted by Crippen LogP contribution is -2.20. The van der Waals surface area contributed by atoms with Crippen LogP contribution in [0.25, 0.3) is 0 Å². The highest BCUT2D eigenvalue weighted by Crippen LogP contribution is 2.32. The normalized spacial score (nSPS) is 15.4. The van der Waals surface area contributed by atoms with Gasteiger partial charge in [-0.25, -0.2) is 4.39 Å². The van der Waals surface area contributed by atoms with Crippen molar-refractivity contribution in [2.75, 3.05) is 5.32 Å². The Morgan fingerprint density at radius 2 is 1.85 bits per heavy atom. The maximum Gasteiger partial charge on any atom is 0.233 e. The second-order valence-corrected chi connectivity index (χ2v) is 6.78. The predicted octanol–water partition coefficient (Wildman–Crippen LogP) is 4.29. The number of hydrogen-bond donors (Lipinski definition) is 1. The minimum Gasteiger partial charge on any atom is -0.341 e. The molecule has 0 bridgehead atoms. The third kappa shape index (κ3) is 3.16. The molecule has 2 aromatic carbocycles. The van der Waals surface area contributed by atoms with Crippen LogP contribution in [0.3, 0.4) is 0 Å². The van der Waals surface area contributed by atoms with Gasteiger partial charge in [0.25, 0.3) is 0 Å². The van der Waals surface area contributed by atoms with E-state index in [4.69, 9.17) is 0 Å². The number of nitrogens with one attached hydrogen (secondary N) is 1. The number of carbonyl (C=O) groups is 2. The number of nitrogens with zero attached hydrogens (tertiary/aromatic N) is 1. The summed E-state index contributed by atoms with van der Waals surface area (Å²) in [6, 6.07) is 17.1. The van der Waals surface area contributed by atoms with Crippen LogP contribution in [0.4, 0.5) is 10.1 Å². The molecule has 1 aliphatic rings. The minimum atomic E-state index is -0.388. The molecule has 1 atom stereocenters. The summed E-state index contributed by atoms with van der Waals surface area (Å²) in [6.07, 6.45) is 0.617. The second-order valence-electron chi connectivity index (χ2n) is 6.78. The highest BCUT2D eigenvalue weighted by Gasteiger charge is 2.32. The van der Waals surface area contributed by atoms with Gasteiger partial charge in [0.2, 0.25) is 11.7 Å². The Morgan fingerprint density at radius 3 is 2.63 bits per heavy atom. The van der Waals surface area contributed by atoms with Crippen LogP contribution in [0.5, 0.6) is 0 Å². The molecule has 5 heteroatoms. The van der Waals surface area contributed by atoms with Crippen molar-refractivity contribution in [2.45, 2.75) is 25.8 Å². The molecule has 1 aliphatic heterocycles. The molecule has 136 valence electrons. The van der Waals surface area contributed by atoms with Crippen molar-refractivity contribution in [3.63, 3.8) is 0 Å². The van der Waals surface area contributed by atoms with Crippen LogP contribution in [0, 0.1) is 12.7 Å². The molecule has 3 aromatic rings. The standard InChI is InChI=1S/C22H19FN2O2/c1-14-7-8-16(23)13-18(14)24-22(27)17-11-12-25-19(17)9-10-20(25)21(26)15-5-3-2-4-6-15/h2-10,13,17H,11-12H2,1H3,(H,24,27)/t17-/m0/s1. The Kier molecular flexibility index (Phi) is 4.36. The van der Waals surface area contributed by atoms with Crippen LogP contribution in [-0.4, -0.2) is 16.3 Å². The maximum atomic E-state index is 13.5. The summed E-state index contributed by atoms with van der Waals surface area (Å²) < 4.78 is 15.4. The number of ketones is 1. The number of fused-ring (bicyclic) bond motifs is 1. The van der Waals surface area contributed by atoms with Gasteiger partial charge in [0.05, 0.1) is 11.6 Å². The smallest absolute Gasteiger partial charge is 0.233 e. The minimum absolute atomic E-state index is 0.0520. The molecule has 1 amide bonds. The van der Waals surface area contributed by atoms with Gasteiger partial charge < -0.3 is 9.88 Å². The number of aromatic nitrogens is 1. The van der Waals surface area contributed by atoms with Crippen LogP contribution in [-0.2, 0) is 11.3 Å². The predicted molar refractivity (Wildman–Crippen MR) is 101 cm³/mol. The van der Waals surface area contributed by atoms with Gasteiger partial charge in [-0.15, -0.1) is 0 Å². The largest absolute Gasteiger partial charge is 0.341 e. The SMILES string of the molecule is Cc1ccc(F)cc1NC(=O)[C@H]1CCn2c(C(=O)c3ccccc3)ccc21. The van der Waals surface area contributed by atoms with Crippen molar-refractivity contribution in [1.29, 1.82) is 0 Å². The van der Waals surface area contributed by atoms with E-state index in [0.717, 1.165) is 11.3 Å².